The van der Waals surface area contributed by atoms with Crippen molar-refractivity contribution >= 4 is 31.5 Å². The molecule has 0 N–H and O–H groups in total. The molecule has 1 aromatic carbocycles. The molecule has 2 atom stereocenters. The molecule has 3 rings (SSSR count). The largest absolute Gasteiger partial charge is 0.229 e. The number of halogens is 1. The van der Waals surface area contributed by atoms with E-state index >= 15 is 0 Å². The molecule has 2 heterocycles. The van der Waals surface area contributed by atoms with E-state index in [0.717, 1.165) is 12.8 Å². The maximum Gasteiger partial charge on any atom is 0.218 e. The quantitative estimate of drug-likeness (QED) is 0.806. The van der Waals surface area contributed by atoms with E-state index in [1.54, 1.807) is 28.6 Å². The topological polar surface area (TPSA) is 71.5 Å². The zero-order valence-corrected chi connectivity index (χ0v) is 15.2. The molecule has 2 saturated heterocycles. The monoisotopic (exact) mass is 377 g/mol. The van der Waals surface area contributed by atoms with Crippen LogP contribution in [-0.2, 0) is 25.6 Å². The third-order valence-corrected chi connectivity index (χ3v) is 8.56. The van der Waals surface area contributed by atoms with E-state index in [2.05, 4.69) is 0 Å². The van der Waals surface area contributed by atoms with Gasteiger partial charge in [-0.05, 0) is 43.4 Å². The first-order chi connectivity index (χ1) is 10.7. The van der Waals surface area contributed by atoms with Crippen LogP contribution in [0, 0.1) is 0 Å². The Morgan fingerprint density at radius 3 is 2.26 bits per heavy atom. The number of benzene rings is 1. The number of rotatable bonds is 4. The third-order valence-electron chi connectivity index (χ3n) is 4.79. The summed E-state index contributed by atoms with van der Waals surface area (Å²) in [6.45, 7) is 0. The summed E-state index contributed by atoms with van der Waals surface area (Å²) >= 11 is 5.92. The van der Waals surface area contributed by atoms with Crippen molar-refractivity contribution in [2.75, 3.05) is 6.26 Å². The fraction of sp³-hybridized carbons (Fsp3) is 0.600. The van der Waals surface area contributed by atoms with Crippen LogP contribution in [0.4, 0.5) is 0 Å². The van der Waals surface area contributed by atoms with E-state index in [4.69, 9.17) is 11.6 Å². The zero-order chi connectivity index (χ0) is 16.8. The van der Waals surface area contributed by atoms with Crippen LogP contribution < -0.4 is 0 Å². The van der Waals surface area contributed by atoms with Gasteiger partial charge in [0.15, 0.2) is 0 Å². The molecule has 5 nitrogen and oxygen atoms in total. The fourth-order valence-corrected chi connectivity index (χ4v) is 7.20. The second-order valence-electron chi connectivity index (χ2n) is 6.52. The molecule has 23 heavy (non-hydrogen) atoms. The lowest BCUT2D eigenvalue weighted by atomic mass is 10.1. The zero-order valence-electron chi connectivity index (χ0n) is 12.9. The van der Waals surface area contributed by atoms with Crippen LogP contribution in [0.1, 0.15) is 31.2 Å². The van der Waals surface area contributed by atoms with Crippen molar-refractivity contribution in [1.82, 2.24) is 4.31 Å². The van der Waals surface area contributed by atoms with Crippen LogP contribution >= 0.6 is 11.6 Å². The molecule has 2 unspecified atom stereocenters. The Labute approximate surface area is 142 Å². The van der Waals surface area contributed by atoms with Crippen molar-refractivity contribution in [3.05, 3.63) is 34.9 Å². The van der Waals surface area contributed by atoms with Gasteiger partial charge in [0.1, 0.15) is 9.84 Å². The van der Waals surface area contributed by atoms with Gasteiger partial charge >= 0.3 is 0 Å². The third kappa shape index (κ3) is 3.57. The molecular formula is C15H20ClNO4S2. The smallest absolute Gasteiger partial charge is 0.218 e. The summed E-state index contributed by atoms with van der Waals surface area (Å²) in [4.78, 5) is 0. The number of hydrogen-bond acceptors (Lipinski definition) is 4. The molecule has 2 bridgehead atoms. The Balaban J connectivity index is 1.82. The van der Waals surface area contributed by atoms with Crippen molar-refractivity contribution in [3.8, 4) is 0 Å². The summed E-state index contributed by atoms with van der Waals surface area (Å²) in [5.41, 5.74) is 0.655. The van der Waals surface area contributed by atoms with Crippen LogP contribution in [-0.4, -0.2) is 44.7 Å². The van der Waals surface area contributed by atoms with Gasteiger partial charge < -0.3 is 0 Å². The van der Waals surface area contributed by atoms with Crippen molar-refractivity contribution in [2.24, 2.45) is 0 Å². The van der Waals surface area contributed by atoms with Crippen molar-refractivity contribution < 1.29 is 16.8 Å². The van der Waals surface area contributed by atoms with E-state index in [0.29, 0.717) is 23.4 Å². The van der Waals surface area contributed by atoms with Gasteiger partial charge in [-0.25, -0.2) is 16.8 Å². The van der Waals surface area contributed by atoms with E-state index in [-0.39, 0.29) is 17.8 Å². The molecule has 0 aliphatic carbocycles. The first kappa shape index (κ1) is 17.2. The number of fused-ring (bicyclic) bond motifs is 2. The molecule has 2 aliphatic rings. The Kier molecular flexibility index (Phi) is 4.50. The van der Waals surface area contributed by atoms with Crippen molar-refractivity contribution in [3.63, 3.8) is 0 Å². The second kappa shape index (κ2) is 6.02. The van der Waals surface area contributed by atoms with Gasteiger partial charge in [0.2, 0.25) is 10.0 Å². The highest BCUT2D eigenvalue weighted by molar-refractivity contribution is 7.91. The second-order valence-corrected chi connectivity index (χ2v) is 11.2. The summed E-state index contributed by atoms with van der Waals surface area (Å²) in [5, 5.41) is 0.0917. The average molecular weight is 378 g/mol. The number of sulfonamides is 1. The molecule has 1 aromatic rings. The molecule has 0 amide bonds. The highest BCUT2D eigenvalue weighted by Crippen LogP contribution is 2.40. The SMILES string of the molecule is CS(=O)(=O)C1CC2CCC(C1)N2S(=O)(=O)Cc1cccc(Cl)c1. The Bertz CT molecular complexity index is 793. The Hall–Kier alpha value is -0.630. The molecule has 128 valence electrons. The van der Waals surface area contributed by atoms with Crippen LogP contribution in [0.2, 0.25) is 5.02 Å². The molecule has 2 aliphatic heterocycles. The summed E-state index contributed by atoms with van der Waals surface area (Å²) in [7, 11) is -6.60. The standard InChI is InChI=1S/C15H20ClNO4S2/c1-22(18,19)15-8-13-5-6-14(9-15)17(13)23(20,21)10-11-3-2-4-12(16)7-11/h2-4,7,13-15H,5-6,8-10H2,1H3. The average Bonchev–Trinajstić information content (AvgIpc) is 2.69. The van der Waals surface area contributed by atoms with E-state index in [9.17, 15) is 16.8 Å². The summed E-state index contributed by atoms with van der Waals surface area (Å²) in [6, 6.07) is 6.45. The molecule has 0 aromatic heterocycles. The van der Waals surface area contributed by atoms with Crippen molar-refractivity contribution in [1.29, 1.82) is 0 Å². The van der Waals surface area contributed by atoms with E-state index in [1.807, 2.05) is 0 Å². The lowest BCUT2D eigenvalue weighted by Gasteiger charge is -2.37. The normalized spacial score (nSPS) is 28.9. The van der Waals surface area contributed by atoms with Gasteiger partial charge in [0.05, 0.1) is 11.0 Å². The maximum atomic E-state index is 12.8. The number of piperidine rings is 1. The van der Waals surface area contributed by atoms with Gasteiger partial charge in [-0.3, -0.25) is 0 Å². The van der Waals surface area contributed by atoms with Gasteiger partial charge in [0, 0.05) is 23.4 Å². The molecule has 0 saturated carbocycles. The highest BCUT2D eigenvalue weighted by atomic mass is 35.5. The molecule has 0 spiro atoms. The van der Waals surface area contributed by atoms with E-state index in [1.165, 1.54) is 6.26 Å². The number of sulfone groups is 1. The predicted octanol–water partition coefficient (Wildman–Crippen LogP) is 2.21. The Morgan fingerprint density at radius 2 is 1.74 bits per heavy atom. The summed E-state index contributed by atoms with van der Waals surface area (Å²) < 4.78 is 50.8. The lowest BCUT2D eigenvalue weighted by molar-refractivity contribution is 0.249. The minimum absolute atomic E-state index is 0.0932. The van der Waals surface area contributed by atoms with Gasteiger partial charge in [-0.1, -0.05) is 23.7 Å². The minimum Gasteiger partial charge on any atom is -0.229 e. The first-order valence-electron chi connectivity index (χ1n) is 7.61. The predicted molar refractivity (Wildman–Crippen MR) is 90.6 cm³/mol. The van der Waals surface area contributed by atoms with Gasteiger partial charge in [0.25, 0.3) is 0 Å². The molecular weight excluding hydrogens is 358 g/mol. The van der Waals surface area contributed by atoms with E-state index < -0.39 is 25.1 Å². The van der Waals surface area contributed by atoms with Crippen LogP contribution in [0.15, 0.2) is 24.3 Å². The first-order valence-corrected chi connectivity index (χ1v) is 11.6. The summed E-state index contributed by atoms with van der Waals surface area (Å²) in [5.74, 6) is -0.0932. The maximum absolute atomic E-state index is 12.8. The molecule has 8 heteroatoms. The number of nitrogens with zero attached hydrogens (tertiary/aromatic N) is 1. The highest BCUT2D eigenvalue weighted by Gasteiger charge is 2.48. The van der Waals surface area contributed by atoms with Crippen molar-refractivity contribution in [2.45, 2.75) is 48.8 Å². The van der Waals surface area contributed by atoms with Crippen LogP contribution in [0.25, 0.3) is 0 Å². The van der Waals surface area contributed by atoms with Crippen LogP contribution in [0.3, 0.4) is 0 Å². The molecule has 2 fully saturated rings. The fourth-order valence-electron chi connectivity index (χ4n) is 3.80. The van der Waals surface area contributed by atoms with Crippen LogP contribution in [0.5, 0.6) is 0 Å². The van der Waals surface area contributed by atoms with Gasteiger partial charge in [-0.2, -0.15) is 4.31 Å². The number of hydrogen-bond donors (Lipinski definition) is 0. The molecule has 0 radical (unpaired) electrons. The minimum atomic E-state index is -3.48. The lowest BCUT2D eigenvalue weighted by Crippen LogP contribution is -2.49. The van der Waals surface area contributed by atoms with Gasteiger partial charge in [-0.15, -0.1) is 0 Å². The summed E-state index contributed by atoms with van der Waals surface area (Å²) in [6.07, 6.45) is 3.54. The Morgan fingerprint density at radius 1 is 1.13 bits per heavy atom.